The molecule has 0 amide bonds. The van der Waals surface area contributed by atoms with Crippen LogP contribution >= 0.6 is 0 Å². The molecule has 1 N–H and O–H groups in total. The second-order valence-corrected chi connectivity index (χ2v) is 5.83. The standard InChI is InChI=1S/C16H22O4/c1-3-9-15(2)11-19-16(20-12-15,10-14(17)18)13-7-5-4-6-8-13/h4-8H,3,9-12H2,1-2H3,(H,17,18). The Morgan fingerprint density at radius 1 is 1.25 bits per heavy atom. The summed E-state index contributed by atoms with van der Waals surface area (Å²) < 4.78 is 11.9. The van der Waals surface area contributed by atoms with E-state index in [2.05, 4.69) is 13.8 Å². The smallest absolute Gasteiger partial charge is 0.309 e. The molecule has 0 spiro atoms. The highest BCUT2D eigenvalue weighted by atomic mass is 16.7. The SMILES string of the molecule is CCCC1(C)COC(CC(=O)O)(c2ccccc2)OC1. The highest BCUT2D eigenvalue weighted by molar-refractivity contribution is 5.68. The van der Waals surface area contributed by atoms with E-state index in [0.717, 1.165) is 18.4 Å². The third kappa shape index (κ3) is 3.19. The highest BCUT2D eigenvalue weighted by Crippen LogP contribution is 2.40. The molecule has 4 heteroatoms. The van der Waals surface area contributed by atoms with Gasteiger partial charge in [-0.15, -0.1) is 0 Å². The predicted octanol–water partition coefficient (Wildman–Crippen LogP) is 3.17. The zero-order valence-corrected chi connectivity index (χ0v) is 12.1. The average molecular weight is 278 g/mol. The third-order valence-electron chi connectivity index (χ3n) is 3.76. The second-order valence-electron chi connectivity index (χ2n) is 5.83. The van der Waals surface area contributed by atoms with Gasteiger partial charge in [-0.1, -0.05) is 50.6 Å². The van der Waals surface area contributed by atoms with Gasteiger partial charge in [-0.05, 0) is 6.42 Å². The van der Waals surface area contributed by atoms with Gasteiger partial charge in [0.1, 0.15) is 6.42 Å². The van der Waals surface area contributed by atoms with Crippen LogP contribution in [0.25, 0.3) is 0 Å². The van der Waals surface area contributed by atoms with Gasteiger partial charge in [0.25, 0.3) is 0 Å². The van der Waals surface area contributed by atoms with Gasteiger partial charge < -0.3 is 14.6 Å². The number of rotatable bonds is 5. The zero-order chi connectivity index (χ0) is 14.6. The van der Waals surface area contributed by atoms with Crippen LogP contribution in [0.15, 0.2) is 30.3 Å². The maximum atomic E-state index is 11.2. The van der Waals surface area contributed by atoms with E-state index in [1.165, 1.54) is 0 Å². The van der Waals surface area contributed by atoms with Gasteiger partial charge >= 0.3 is 5.97 Å². The normalized spacial score (nSPS) is 30.1. The molecule has 1 aliphatic heterocycles. The number of benzene rings is 1. The molecule has 0 bridgehead atoms. The first-order chi connectivity index (χ1) is 9.50. The van der Waals surface area contributed by atoms with Crippen molar-refractivity contribution in [2.45, 2.75) is 38.9 Å². The Labute approximate surface area is 119 Å². The molecule has 0 unspecified atom stereocenters. The van der Waals surface area contributed by atoms with Crippen LogP contribution < -0.4 is 0 Å². The summed E-state index contributed by atoms with van der Waals surface area (Å²) in [6.45, 7) is 5.28. The quantitative estimate of drug-likeness (QED) is 0.898. The summed E-state index contributed by atoms with van der Waals surface area (Å²) >= 11 is 0. The highest BCUT2D eigenvalue weighted by Gasteiger charge is 2.44. The molecule has 1 saturated heterocycles. The molecule has 1 aliphatic rings. The fraction of sp³-hybridized carbons (Fsp3) is 0.562. The maximum absolute atomic E-state index is 11.2. The van der Waals surface area contributed by atoms with E-state index >= 15 is 0 Å². The number of carboxylic acid groups (broad SMARTS) is 1. The lowest BCUT2D eigenvalue weighted by molar-refractivity contribution is -0.312. The molecule has 1 fully saturated rings. The molecule has 1 heterocycles. The number of carboxylic acids is 1. The van der Waals surface area contributed by atoms with Crippen LogP contribution in [0.3, 0.4) is 0 Å². The van der Waals surface area contributed by atoms with E-state index in [0.29, 0.717) is 13.2 Å². The Balaban J connectivity index is 2.22. The Kier molecular flexibility index (Phi) is 4.45. The van der Waals surface area contributed by atoms with Gasteiger partial charge in [0.05, 0.1) is 13.2 Å². The summed E-state index contributed by atoms with van der Waals surface area (Å²) in [6.07, 6.45) is 1.88. The van der Waals surface area contributed by atoms with Gasteiger partial charge in [0, 0.05) is 11.0 Å². The van der Waals surface area contributed by atoms with Crippen LogP contribution in [0.2, 0.25) is 0 Å². The van der Waals surface area contributed by atoms with Crippen molar-refractivity contribution in [2.24, 2.45) is 5.41 Å². The molecule has 2 rings (SSSR count). The van der Waals surface area contributed by atoms with Gasteiger partial charge in [0.15, 0.2) is 0 Å². The molecule has 4 nitrogen and oxygen atoms in total. The minimum Gasteiger partial charge on any atom is -0.481 e. The monoisotopic (exact) mass is 278 g/mol. The lowest BCUT2D eigenvalue weighted by Crippen LogP contribution is -2.47. The number of aliphatic carboxylic acids is 1. The van der Waals surface area contributed by atoms with Crippen LogP contribution in [0.5, 0.6) is 0 Å². The van der Waals surface area contributed by atoms with Crippen molar-refractivity contribution in [1.29, 1.82) is 0 Å². The van der Waals surface area contributed by atoms with Crippen molar-refractivity contribution in [2.75, 3.05) is 13.2 Å². The maximum Gasteiger partial charge on any atom is 0.309 e. The summed E-state index contributed by atoms with van der Waals surface area (Å²) in [4.78, 5) is 11.2. The van der Waals surface area contributed by atoms with Crippen molar-refractivity contribution in [1.82, 2.24) is 0 Å². The molecule has 0 radical (unpaired) electrons. The average Bonchev–Trinajstić information content (AvgIpc) is 2.43. The molecule has 0 aromatic heterocycles. The molecule has 20 heavy (non-hydrogen) atoms. The number of hydrogen-bond acceptors (Lipinski definition) is 3. The van der Waals surface area contributed by atoms with Gasteiger partial charge in [-0.2, -0.15) is 0 Å². The van der Waals surface area contributed by atoms with Gasteiger partial charge in [-0.3, -0.25) is 4.79 Å². The topological polar surface area (TPSA) is 55.8 Å². The first kappa shape index (κ1) is 15.0. The predicted molar refractivity (Wildman–Crippen MR) is 75.3 cm³/mol. The van der Waals surface area contributed by atoms with Crippen LogP contribution in [0, 0.1) is 5.41 Å². The van der Waals surface area contributed by atoms with Crippen LogP contribution in [0.4, 0.5) is 0 Å². The molecule has 1 aromatic carbocycles. The van der Waals surface area contributed by atoms with E-state index in [-0.39, 0.29) is 11.8 Å². The Hall–Kier alpha value is -1.39. The minimum atomic E-state index is -1.15. The summed E-state index contributed by atoms with van der Waals surface area (Å²) in [6, 6.07) is 9.33. The number of hydrogen-bond donors (Lipinski definition) is 1. The molecule has 0 saturated carbocycles. The minimum absolute atomic E-state index is 0.0362. The number of ether oxygens (including phenoxy) is 2. The molecular weight excluding hydrogens is 256 g/mol. The van der Waals surface area contributed by atoms with E-state index in [9.17, 15) is 4.79 Å². The van der Waals surface area contributed by atoms with Crippen LogP contribution in [0.1, 0.15) is 38.7 Å². The molecular formula is C16H22O4. The molecule has 110 valence electrons. The van der Waals surface area contributed by atoms with Gasteiger partial charge in [0.2, 0.25) is 5.79 Å². The van der Waals surface area contributed by atoms with Crippen molar-refractivity contribution in [3.8, 4) is 0 Å². The Bertz CT molecular complexity index is 447. The third-order valence-corrected chi connectivity index (χ3v) is 3.76. The van der Waals surface area contributed by atoms with Gasteiger partial charge in [-0.25, -0.2) is 0 Å². The Morgan fingerprint density at radius 3 is 2.35 bits per heavy atom. The van der Waals surface area contributed by atoms with Crippen molar-refractivity contribution >= 4 is 5.97 Å². The largest absolute Gasteiger partial charge is 0.481 e. The van der Waals surface area contributed by atoms with E-state index in [4.69, 9.17) is 14.6 Å². The van der Waals surface area contributed by atoms with E-state index in [1.807, 2.05) is 30.3 Å². The lowest BCUT2D eigenvalue weighted by atomic mass is 9.85. The Morgan fingerprint density at radius 2 is 1.85 bits per heavy atom. The fourth-order valence-corrected chi connectivity index (χ4v) is 2.67. The molecule has 0 aliphatic carbocycles. The second kappa shape index (κ2) is 5.94. The van der Waals surface area contributed by atoms with Crippen molar-refractivity contribution in [3.05, 3.63) is 35.9 Å². The zero-order valence-electron chi connectivity index (χ0n) is 12.1. The first-order valence-electron chi connectivity index (χ1n) is 7.05. The van der Waals surface area contributed by atoms with E-state index < -0.39 is 11.8 Å². The first-order valence-corrected chi connectivity index (χ1v) is 7.05. The summed E-state index contributed by atoms with van der Waals surface area (Å²) in [5.41, 5.74) is 0.729. The fourth-order valence-electron chi connectivity index (χ4n) is 2.67. The van der Waals surface area contributed by atoms with E-state index in [1.54, 1.807) is 0 Å². The lowest BCUT2D eigenvalue weighted by Gasteiger charge is -2.44. The van der Waals surface area contributed by atoms with Crippen molar-refractivity contribution < 1.29 is 19.4 Å². The summed E-state index contributed by atoms with van der Waals surface area (Å²) in [5, 5.41) is 9.17. The van der Waals surface area contributed by atoms with Crippen LogP contribution in [-0.2, 0) is 20.1 Å². The van der Waals surface area contributed by atoms with Crippen molar-refractivity contribution in [3.63, 3.8) is 0 Å². The molecule has 0 atom stereocenters. The molecule has 1 aromatic rings. The number of carbonyl (C=O) groups is 1. The summed E-state index contributed by atoms with van der Waals surface area (Å²) in [7, 11) is 0. The summed E-state index contributed by atoms with van der Waals surface area (Å²) in [5.74, 6) is -2.08. The van der Waals surface area contributed by atoms with Crippen LogP contribution in [-0.4, -0.2) is 24.3 Å².